The Morgan fingerprint density at radius 1 is 1.11 bits per heavy atom. The van der Waals surface area contributed by atoms with E-state index in [0.29, 0.717) is 15.6 Å². The summed E-state index contributed by atoms with van der Waals surface area (Å²) in [6, 6.07) is 10.5. The van der Waals surface area contributed by atoms with Crippen molar-refractivity contribution in [1.82, 2.24) is 0 Å². The van der Waals surface area contributed by atoms with Crippen LogP contribution in [0.3, 0.4) is 0 Å². The van der Waals surface area contributed by atoms with Crippen LogP contribution in [0, 0.1) is 0 Å². The Balaban J connectivity index is 2.38. The first kappa shape index (κ1) is 14.7. The number of aliphatic hydroxyl groups is 1. The van der Waals surface area contributed by atoms with Crippen molar-refractivity contribution < 1.29 is 9.84 Å². The SMILES string of the molecule is COc1ccc(C(O)c2ccc(Cl)c(Cl)c2)c(Br)c1. The number of benzene rings is 2. The highest BCUT2D eigenvalue weighted by atomic mass is 79.9. The molecule has 0 fully saturated rings. The van der Waals surface area contributed by atoms with Gasteiger partial charge in [0.15, 0.2) is 0 Å². The van der Waals surface area contributed by atoms with Crippen LogP contribution in [-0.2, 0) is 0 Å². The second kappa shape index (κ2) is 6.14. The van der Waals surface area contributed by atoms with Gasteiger partial charge in [-0.3, -0.25) is 0 Å². The Hall–Kier alpha value is -0.740. The fraction of sp³-hybridized carbons (Fsp3) is 0.143. The maximum absolute atomic E-state index is 10.4. The van der Waals surface area contributed by atoms with Gasteiger partial charge in [0.05, 0.1) is 17.2 Å². The van der Waals surface area contributed by atoms with E-state index in [1.807, 2.05) is 0 Å². The van der Waals surface area contributed by atoms with Crippen molar-refractivity contribution in [1.29, 1.82) is 0 Å². The monoisotopic (exact) mass is 360 g/mol. The van der Waals surface area contributed by atoms with Crippen LogP contribution in [-0.4, -0.2) is 12.2 Å². The lowest BCUT2D eigenvalue weighted by Gasteiger charge is -2.15. The third-order valence-corrected chi connectivity index (χ3v) is 4.19. The molecule has 1 N–H and O–H groups in total. The molecule has 0 saturated carbocycles. The smallest absolute Gasteiger partial charge is 0.120 e. The molecule has 0 bridgehead atoms. The van der Waals surface area contributed by atoms with Gasteiger partial charge in [-0.15, -0.1) is 0 Å². The molecule has 2 aromatic carbocycles. The molecule has 0 aliphatic rings. The molecule has 0 aromatic heterocycles. The van der Waals surface area contributed by atoms with Crippen molar-refractivity contribution in [2.45, 2.75) is 6.10 Å². The van der Waals surface area contributed by atoms with Gasteiger partial charge in [0.1, 0.15) is 11.9 Å². The number of rotatable bonds is 3. The van der Waals surface area contributed by atoms with E-state index < -0.39 is 6.10 Å². The Morgan fingerprint density at radius 2 is 1.84 bits per heavy atom. The van der Waals surface area contributed by atoms with E-state index in [1.165, 1.54) is 0 Å². The summed E-state index contributed by atoms with van der Waals surface area (Å²) in [6.07, 6.45) is -0.782. The summed E-state index contributed by atoms with van der Waals surface area (Å²) >= 11 is 15.2. The molecule has 0 amide bonds. The van der Waals surface area contributed by atoms with E-state index in [-0.39, 0.29) is 0 Å². The maximum atomic E-state index is 10.4. The fourth-order valence-electron chi connectivity index (χ4n) is 1.72. The normalized spacial score (nSPS) is 12.3. The fourth-order valence-corrected chi connectivity index (χ4v) is 2.60. The Labute approximate surface area is 130 Å². The highest BCUT2D eigenvalue weighted by Crippen LogP contribution is 2.33. The molecule has 2 rings (SSSR count). The average molecular weight is 362 g/mol. The molecule has 0 aliphatic carbocycles. The molecule has 2 aromatic rings. The molecule has 2 nitrogen and oxygen atoms in total. The van der Waals surface area contributed by atoms with Crippen LogP contribution >= 0.6 is 39.1 Å². The number of methoxy groups -OCH3 is 1. The minimum absolute atomic E-state index is 0.419. The van der Waals surface area contributed by atoms with E-state index in [9.17, 15) is 5.11 Å². The molecule has 0 heterocycles. The highest BCUT2D eigenvalue weighted by molar-refractivity contribution is 9.10. The first-order valence-corrected chi connectivity index (χ1v) is 7.04. The van der Waals surface area contributed by atoms with Crippen molar-refractivity contribution in [2.75, 3.05) is 7.11 Å². The van der Waals surface area contributed by atoms with Gasteiger partial charge in [-0.1, -0.05) is 51.3 Å². The molecular weight excluding hydrogens is 351 g/mol. The van der Waals surface area contributed by atoms with E-state index in [0.717, 1.165) is 15.8 Å². The summed E-state index contributed by atoms with van der Waals surface area (Å²) in [5.74, 6) is 0.719. The largest absolute Gasteiger partial charge is 0.497 e. The van der Waals surface area contributed by atoms with Crippen LogP contribution in [0.2, 0.25) is 10.0 Å². The molecule has 100 valence electrons. The van der Waals surface area contributed by atoms with Gasteiger partial charge in [-0.05, 0) is 35.4 Å². The molecular formula is C14H11BrCl2O2. The van der Waals surface area contributed by atoms with Gasteiger partial charge in [0, 0.05) is 4.47 Å². The van der Waals surface area contributed by atoms with Crippen LogP contribution in [0.4, 0.5) is 0 Å². The molecule has 0 saturated heterocycles. The van der Waals surface area contributed by atoms with Gasteiger partial charge in [0.2, 0.25) is 0 Å². The zero-order chi connectivity index (χ0) is 14.0. The zero-order valence-electron chi connectivity index (χ0n) is 10.0. The highest BCUT2D eigenvalue weighted by Gasteiger charge is 2.15. The summed E-state index contributed by atoms with van der Waals surface area (Å²) in [6.45, 7) is 0. The van der Waals surface area contributed by atoms with Crippen molar-refractivity contribution in [2.24, 2.45) is 0 Å². The van der Waals surface area contributed by atoms with Gasteiger partial charge in [-0.2, -0.15) is 0 Å². The van der Waals surface area contributed by atoms with Crippen LogP contribution in [0.15, 0.2) is 40.9 Å². The van der Waals surface area contributed by atoms with Crippen LogP contribution in [0.25, 0.3) is 0 Å². The number of aliphatic hydroxyl groups excluding tert-OH is 1. The molecule has 19 heavy (non-hydrogen) atoms. The van der Waals surface area contributed by atoms with E-state index in [2.05, 4.69) is 15.9 Å². The summed E-state index contributed by atoms with van der Waals surface area (Å²) in [7, 11) is 1.59. The minimum Gasteiger partial charge on any atom is -0.497 e. The van der Waals surface area contributed by atoms with Crippen LogP contribution < -0.4 is 4.74 Å². The minimum atomic E-state index is -0.782. The van der Waals surface area contributed by atoms with Gasteiger partial charge < -0.3 is 9.84 Å². The average Bonchev–Trinajstić information content (AvgIpc) is 2.41. The van der Waals surface area contributed by atoms with Gasteiger partial charge in [0.25, 0.3) is 0 Å². The lowest BCUT2D eigenvalue weighted by atomic mass is 10.0. The predicted octanol–water partition coefficient (Wildman–Crippen LogP) is 4.85. The van der Waals surface area contributed by atoms with Crippen LogP contribution in [0.5, 0.6) is 5.75 Å². The van der Waals surface area contributed by atoms with Crippen molar-refractivity contribution in [3.8, 4) is 5.75 Å². The second-order valence-electron chi connectivity index (χ2n) is 3.96. The quantitative estimate of drug-likeness (QED) is 0.846. The van der Waals surface area contributed by atoms with E-state index in [1.54, 1.807) is 43.5 Å². The van der Waals surface area contributed by atoms with Crippen molar-refractivity contribution in [3.63, 3.8) is 0 Å². The summed E-state index contributed by atoms with van der Waals surface area (Å²) in [5.41, 5.74) is 1.42. The summed E-state index contributed by atoms with van der Waals surface area (Å²) in [4.78, 5) is 0. The zero-order valence-corrected chi connectivity index (χ0v) is 13.1. The topological polar surface area (TPSA) is 29.5 Å². The standard InChI is InChI=1S/C14H11BrCl2O2/c1-19-9-3-4-10(11(15)7-9)14(18)8-2-5-12(16)13(17)6-8/h2-7,14,18H,1H3. The van der Waals surface area contributed by atoms with E-state index >= 15 is 0 Å². The van der Waals surface area contributed by atoms with Crippen molar-refractivity contribution >= 4 is 39.1 Å². The Bertz CT molecular complexity index is 602. The molecule has 0 aliphatic heterocycles. The number of ether oxygens (including phenoxy) is 1. The van der Waals surface area contributed by atoms with E-state index in [4.69, 9.17) is 27.9 Å². The molecule has 5 heteroatoms. The molecule has 0 spiro atoms. The number of hydrogen-bond acceptors (Lipinski definition) is 2. The van der Waals surface area contributed by atoms with Gasteiger partial charge in [-0.25, -0.2) is 0 Å². The number of hydrogen-bond donors (Lipinski definition) is 1. The lowest BCUT2D eigenvalue weighted by Crippen LogP contribution is -2.01. The van der Waals surface area contributed by atoms with Crippen LogP contribution in [0.1, 0.15) is 17.2 Å². The molecule has 1 atom stereocenters. The molecule has 0 radical (unpaired) electrons. The first-order chi connectivity index (χ1) is 9.02. The third kappa shape index (κ3) is 3.23. The van der Waals surface area contributed by atoms with Crippen molar-refractivity contribution in [3.05, 3.63) is 62.0 Å². The first-order valence-electron chi connectivity index (χ1n) is 5.49. The number of halogens is 3. The Kier molecular flexibility index (Phi) is 4.74. The Morgan fingerprint density at radius 3 is 2.42 bits per heavy atom. The summed E-state index contributed by atoms with van der Waals surface area (Å²) < 4.78 is 5.89. The maximum Gasteiger partial charge on any atom is 0.120 e. The van der Waals surface area contributed by atoms with Gasteiger partial charge >= 0.3 is 0 Å². The third-order valence-electron chi connectivity index (χ3n) is 2.76. The predicted molar refractivity (Wildman–Crippen MR) is 81.2 cm³/mol. The summed E-state index contributed by atoms with van der Waals surface area (Å²) in [5, 5.41) is 11.3. The molecule has 1 unspecified atom stereocenters. The lowest BCUT2D eigenvalue weighted by molar-refractivity contribution is 0.219. The second-order valence-corrected chi connectivity index (χ2v) is 5.63.